The summed E-state index contributed by atoms with van der Waals surface area (Å²) in [5.74, 6) is 1.27. The van der Waals surface area contributed by atoms with Gasteiger partial charge >= 0.3 is 0 Å². The monoisotopic (exact) mass is 283 g/mol. The molecule has 0 unspecified atom stereocenters. The molecule has 2 aromatic rings. The van der Waals surface area contributed by atoms with Crippen molar-refractivity contribution < 1.29 is 4.74 Å². The normalized spacial score (nSPS) is 16.5. The maximum atomic E-state index is 6.06. The van der Waals surface area contributed by atoms with E-state index in [2.05, 4.69) is 26.7 Å². The van der Waals surface area contributed by atoms with Gasteiger partial charge in [0, 0.05) is 7.05 Å². The highest BCUT2D eigenvalue weighted by Crippen LogP contribution is 2.21. The molecule has 0 atom stereocenters. The number of aromatic nitrogens is 4. The fourth-order valence-electron chi connectivity index (χ4n) is 2.58. The van der Waals surface area contributed by atoms with Crippen LogP contribution in [-0.4, -0.2) is 45.7 Å². The zero-order valence-electron chi connectivity index (χ0n) is 11.3. The predicted octanol–water partition coefficient (Wildman–Crippen LogP) is 1.04. The van der Waals surface area contributed by atoms with E-state index in [-0.39, 0.29) is 0 Å². The van der Waals surface area contributed by atoms with Crippen LogP contribution in [0.2, 0.25) is 0 Å². The number of hydrogen-bond donors (Lipinski definition) is 0. The van der Waals surface area contributed by atoms with Gasteiger partial charge in [-0.15, -0.1) is 11.6 Å². The number of fused-ring (bicyclic) bond motifs is 1. The maximum Gasteiger partial charge on any atom is 0.177 e. The first-order chi connectivity index (χ1) is 9.26. The number of alkyl halides is 1. The molecule has 1 aliphatic rings. The molecule has 0 N–H and O–H groups in total. The zero-order valence-corrected chi connectivity index (χ0v) is 12.0. The van der Waals surface area contributed by atoms with Gasteiger partial charge < -0.3 is 9.75 Å². The average molecular weight is 284 g/mol. The Morgan fingerprint density at radius 3 is 2.68 bits per heavy atom. The second kappa shape index (κ2) is 5.02. The second-order valence-electron chi connectivity index (χ2n) is 4.64. The SMILES string of the molecule is CCc1nn(C)c2c1nc(CCl)n2N1CCOCC1. The number of hydrogen-bond acceptors (Lipinski definition) is 4. The van der Waals surface area contributed by atoms with E-state index >= 15 is 0 Å². The van der Waals surface area contributed by atoms with Crippen LogP contribution in [0.3, 0.4) is 0 Å². The summed E-state index contributed by atoms with van der Waals surface area (Å²) in [7, 11) is 1.96. The molecule has 19 heavy (non-hydrogen) atoms. The van der Waals surface area contributed by atoms with Crippen LogP contribution in [0.25, 0.3) is 11.2 Å². The van der Waals surface area contributed by atoms with Gasteiger partial charge in [0.25, 0.3) is 0 Å². The van der Waals surface area contributed by atoms with Crippen LogP contribution in [0.5, 0.6) is 0 Å². The lowest BCUT2D eigenvalue weighted by atomic mass is 10.3. The van der Waals surface area contributed by atoms with Crippen molar-refractivity contribution in [1.29, 1.82) is 0 Å². The van der Waals surface area contributed by atoms with Gasteiger partial charge in [-0.1, -0.05) is 6.92 Å². The lowest BCUT2D eigenvalue weighted by Crippen LogP contribution is -2.45. The molecule has 3 rings (SSSR count). The topological polar surface area (TPSA) is 48.1 Å². The van der Waals surface area contributed by atoms with Crippen molar-refractivity contribution in [3.8, 4) is 0 Å². The van der Waals surface area contributed by atoms with Gasteiger partial charge in [0.2, 0.25) is 0 Å². The summed E-state index contributed by atoms with van der Waals surface area (Å²) in [6, 6.07) is 0. The minimum Gasteiger partial charge on any atom is -0.378 e. The van der Waals surface area contributed by atoms with Crippen molar-refractivity contribution in [2.45, 2.75) is 19.2 Å². The van der Waals surface area contributed by atoms with Crippen molar-refractivity contribution in [2.75, 3.05) is 31.3 Å². The van der Waals surface area contributed by atoms with Crippen LogP contribution in [0.4, 0.5) is 0 Å². The van der Waals surface area contributed by atoms with Crippen LogP contribution in [0, 0.1) is 0 Å². The van der Waals surface area contributed by atoms with E-state index < -0.39 is 0 Å². The van der Waals surface area contributed by atoms with Crippen LogP contribution in [0.15, 0.2) is 0 Å². The minimum absolute atomic E-state index is 0.398. The molecular weight excluding hydrogens is 266 g/mol. The van der Waals surface area contributed by atoms with Gasteiger partial charge in [-0.2, -0.15) is 5.10 Å². The Bertz CT molecular complexity index is 584. The molecular formula is C12H18ClN5O. The molecule has 2 aromatic heterocycles. The number of nitrogens with zero attached hydrogens (tertiary/aromatic N) is 5. The molecule has 0 radical (unpaired) electrons. The first kappa shape index (κ1) is 12.7. The number of morpholine rings is 1. The minimum atomic E-state index is 0.398. The molecule has 0 spiro atoms. The summed E-state index contributed by atoms with van der Waals surface area (Å²) >= 11 is 6.06. The van der Waals surface area contributed by atoms with Crippen LogP contribution < -0.4 is 5.01 Å². The first-order valence-corrected chi connectivity index (χ1v) is 7.11. The van der Waals surface area contributed by atoms with Crippen molar-refractivity contribution in [3.63, 3.8) is 0 Å². The molecule has 1 fully saturated rings. The Labute approximate surface area is 116 Å². The third kappa shape index (κ3) is 1.99. The number of imidazole rings is 1. The highest BCUT2D eigenvalue weighted by atomic mass is 35.5. The largest absolute Gasteiger partial charge is 0.378 e. The molecule has 0 aliphatic carbocycles. The van der Waals surface area contributed by atoms with Gasteiger partial charge in [-0.25, -0.2) is 14.3 Å². The number of ether oxygens (including phenoxy) is 1. The Morgan fingerprint density at radius 2 is 2.05 bits per heavy atom. The van der Waals surface area contributed by atoms with E-state index in [0.717, 1.165) is 55.4 Å². The van der Waals surface area contributed by atoms with Gasteiger partial charge in [0.05, 0.1) is 37.9 Å². The van der Waals surface area contributed by atoms with E-state index in [4.69, 9.17) is 16.3 Å². The fraction of sp³-hybridized carbons (Fsp3) is 0.667. The van der Waals surface area contributed by atoms with Crippen molar-refractivity contribution in [1.82, 2.24) is 19.4 Å². The predicted molar refractivity (Wildman–Crippen MR) is 74.2 cm³/mol. The Morgan fingerprint density at radius 1 is 1.32 bits per heavy atom. The highest BCUT2D eigenvalue weighted by Gasteiger charge is 2.22. The van der Waals surface area contributed by atoms with Crippen molar-refractivity contribution >= 4 is 22.8 Å². The van der Waals surface area contributed by atoms with Gasteiger partial charge in [-0.05, 0) is 6.42 Å². The van der Waals surface area contributed by atoms with E-state index in [1.165, 1.54) is 0 Å². The fourth-order valence-corrected chi connectivity index (χ4v) is 2.76. The zero-order chi connectivity index (χ0) is 13.4. The number of rotatable bonds is 3. The summed E-state index contributed by atoms with van der Waals surface area (Å²) in [5.41, 5.74) is 3.01. The number of halogens is 1. The summed E-state index contributed by atoms with van der Waals surface area (Å²) < 4.78 is 9.41. The molecule has 1 saturated heterocycles. The Hall–Kier alpha value is -1.27. The molecule has 1 aliphatic heterocycles. The highest BCUT2D eigenvalue weighted by molar-refractivity contribution is 6.16. The van der Waals surface area contributed by atoms with Gasteiger partial charge in [0.15, 0.2) is 5.65 Å². The maximum absolute atomic E-state index is 6.06. The third-order valence-corrected chi connectivity index (χ3v) is 3.71. The van der Waals surface area contributed by atoms with Gasteiger partial charge in [0.1, 0.15) is 11.3 Å². The molecule has 0 aromatic carbocycles. The smallest absolute Gasteiger partial charge is 0.177 e. The van der Waals surface area contributed by atoms with Crippen LogP contribution in [-0.2, 0) is 24.1 Å². The molecule has 7 heteroatoms. The average Bonchev–Trinajstić information content (AvgIpc) is 2.97. The molecule has 0 amide bonds. The Balaban J connectivity index is 2.17. The van der Waals surface area contributed by atoms with Gasteiger partial charge in [-0.3, -0.25) is 0 Å². The number of aryl methyl sites for hydroxylation is 2. The van der Waals surface area contributed by atoms with Crippen molar-refractivity contribution in [3.05, 3.63) is 11.5 Å². The lowest BCUT2D eigenvalue weighted by molar-refractivity contribution is 0.111. The summed E-state index contributed by atoms with van der Waals surface area (Å²) in [4.78, 5) is 4.66. The summed E-state index contributed by atoms with van der Waals surface area (Å²) in [6.45, 7) is 5.26. The Kier molecular flexibility index (Phi) is 3.36. The molecule has 6 nitrogen and oxygen atoms in total. The molecule has 3 heterocycles. The van der Waals surface area contributed by atoms with E-state index in [1.54, 1.807) is 0 Å². The standard InChI is InChI=1S/C12H18ClN5O/c1-3-9-11-12(16(2)15-9)18(10(8-13)14-11)17-4-6-19-7-5-17/h3-8H2,1-2H3. The summed E-state index contributed by atoms with van der Waals surface area (Å²) in [6.07, 6.45) is 0.874. The molecule has 104 valence electrons. The first-order valence-electron chi connectivity index (χ1n) is 6.58. The molecule has 0 saturated carbocycles. The molecule has 0 bridgehead atoms. The lowest BCUT2D eigenvalue weighted by Gasteiger charge is -2.30. The van der Waals surface area contributed by atoms with Crippen LogP contribution in [0.1, 0.15) is 18.4 Å². The summed E-state index contributed by atoms with van der Waals surface area (Å²) in [5, 5.41) is 6.77. The van der Waals surface area contributed by atoms with E-state index in [0.29, 0.717) is 5.88 Å². The van der Waals surface area contributed by atoms with Crippen molar-refractivity contribution in [2.24, 2.45) is 7.05 Å². The van der Waals surface area contributed by atoms with E-state index in [9.17, 15) is 0 Å². The second-order valence-corrected chi connectivity index (χ2v) is 4.90. The third-order valence-electron chi connectivity index (χ3n) is 3.47. The quantitative estimate of drug-likeness (QED) is 0.790. The van der Waals surface area contributed by atoms with Crippen LogP contribution >= 0.6 is 11.6 Å². The van der Waals surface area contributed by atoms with E-state index in [1.807, 2.05) is 11.7 Å².